The number of aromatic nitrogens is 2. The van der Waals surface area contributed by atoms with E-state index in [0.29, 0.717) is 5.82 Å². The van der Waals surface area contributed by atoms with Gasteiger partial charge in [0.05, 0.1) is 11.4 Å². The van der Waals surface area contributed by atoms with E-state index in [2.05, 4.69) is 14.7 Å². The van der Waals surface area contributed by atoms with Crippen molar-refractivity contribution in [2.24, 2.45) is 0 Å². The Labute approximate surface area is 100.0 Å². The summed E-state index contributed by atoms with van der Waals surface area (Å²) in [6, 6.07) is 6.77. The molecule has 0 unspecified atom stereocenters. The molecule has 1 heterocycles. The average molecular weight is 251 g/mol. The Morgan fingerprint density at radius 1 is 1.41 bits per heavy atom. The highest BCUT2D eigenvalue weighted by Crippen LogP contribution is 2.10. The average Bonchev–Trinajstić information content (AvgIpc) is 2.79. The van der Waals surface area contributed by atoms with Gasteiger partial charge in [0.1, 0.15) is 5.82 Å². The molecule has 0 saturated heterocycles. The SMILES string of the molecule is Cc1cccc(S(=O)(=O)NCc2ncc[nH]2)c1. The standard InChI is InChI=1S/C11H13N3O2S/c1-9-3-2-4-10(7-9)17(15,16)14-8-11-12-5-6-13-11/h2-7,14H,8H2,1H3,(H,12,13). The fourth-order valence-electron chi connectivity index (χ4n) is 1.42. The van der Waals surface area contributed by atoms with Gasteiger partial charge >= 0.3 is 0 Å². The van der Waals surface area contributed by atoms with E-state index >= 15 is 0 Å². The number of benzene rings is 1. The number of imidazole rings is 1. The summed E-state index contributed by atoms with van der Waals surface area (Å²) in [6.07, 6.45) is 3.23. The molecule has 6 heteroatoms. The van der Waals surface area contributed by atoms with Crippen molar-refractivity contribution in [3.63, 3.8) is 0 Å². The number of rotatable bonds is 4. The Morgan fingerprint density at radius 3 is 2.88 bits per heavy atom. The lowest BCUT2D eigenvalue weighted by Crippen LogP contribution is -2.23. The van der Waals surface area contributed by atoms with Gasteiger partial charge < -0.3 is 4.98 Å². The highest BCUT2D eigenvalue weighted by atomic mass is 32.2. The van der Waals surface area contributed by atoms with Crippen LogP contribution in [-0.2, 0) is 16.6 Å². The second kappa shape index (κ2) is 4.68. The lowest BCUT2D eigenvalue weighted by atomic mass is 10.2. The molecule has 0 aliphatic rings. The minimum Gasteiger partial charge on any atom is -0.347 e. The molecule has 1 aromatic heterocycles. The van der Waals surface area contributed by atoms with Gasteiger partial charge in [-0.15, -0.1) is 0 Å². The first-order valence-corrected chi connectivity index (χ1v) is 6.61. The lowest BCUT2D eigenvalue weighted by Gasteiger charge is -2.05. The first-order valence-electron chi connectivity index (χ1n) is 5.12. The zero-order chi connectivity index (χ0) is 12.3. The molecule has 0 spiro atoms. The molecule has 0 fully saturated rings. The molecule has 2 aromatic rings. The molecule has 0 amide bonds. The Balaban J connectivity index is 2.14. The van der Waals surface area contributed by atoms with Crippen molar-refractivity contribution < 1.29 is 8.42 Å². The van der Waals surface area contributed by atoms with Crippen molar-refractivity contribution in [2.75, 3.05) is 0 Å². The van der Waals surface area contributed by atoms with E-state index in [-0.39, 0.29) is 11.4 Å². The molecule has 5 nitrogen and oxygen atoms in total. The Morgan fingerprint density at radius 2 is 2.24 bits per heavy atom. The van der Waals surface area contributed by atoms with E-state index in [1.807, 2.05) is 13.0 Å². The number of aromatic amines is 1. The summed E-state index contributed by atoms with van der Waals surface area (Å²) < 4.78 is 26.3. The Kier molecular flexibility index (Phi) is 3.26. The first kappa shape index (κ1) is 11.8. The van der Waals surface area contributed by atoms with Crippen molar-refractivity contribution in [3.05, 3.63) is 48.0 Å². The van der Waals surface area contributed by atoms with Gasteiger partial charge in [-0.25, -0.2) is 18.1 Å². The quantitative estimate of drug-likeness (QED) is 0.857. The minimum atomic E-state index is -3.47. The van der Waals surface area contributed by atoms with Crippen LogP contribution in [0, 0.1) is 6.92 Å². The van der Waals surface area contributed by atoms with Gasteiger partial charge in [-0.05, 0) is 24.6 Å². The molecule has 1 aromatic carbocycles. The maximum absolute atomic E-state index is 11.9. The van der Waals surface area contributed by atoms with Crippen LogP contribution < -0.4 is 4.72 Å². The monoisotopic (exact) mass is 251 g/mol. The minimum absolute atomic E-state index is 0.156. The van der Waals surface area contributed by atoms with Crippen LogP contribution in [0.1, 0.15) is 11.4 Å². The van der Waals surface area contributed by atoms with E-state index in [1.54, 1.807) is 30.6 Å². The largest absolute Gasteiger partial charge is 0.347 e. The summed E-state index contributed by atoms with van der Waals surface area (Å²) in [5.41, 5.74) is 0.908. The maximum Gasteiger partial charge on any atom is 0.240 e. The van der Waals surface area contributed by atoms with Gasteiger partial charge in [0.2, 0.25) is 10.0 Å². The predicted octanol–water partition coefficient (Wildman–Crippen LogP) is 1.20. The number of hydrogen-bond donors (Lipinski definition) is 2. The van der Waals surface area contributed by atoms with Crippen LogP contribution in [-0.4, -0.2) is 18.4 Å². The fourth-order valence-corrected chi connectivity index (χ4v) is 2.52. The van der Waals surface area contributed by atoms with Crippen molar-refractivity contribution >= 4 is 10.0 Å². The molecule has 0 bridgehead atoms. The molecule has 0 aliphatic carbocycles. The van der Waals surface area contributed by atoms with Crippen LogP contribution >= 0.6 is 0 Å². The van der Waals surface area contributed by atoms with Crippen molar-refractivity contribution in [2.45, 2.75) is 18.4 Å². The molecule has 0 aliphatic heterocycles. The van der Waals surface area contributed by atoms with Crippen molar-refractivity contribution in [1.29, 1.82) is 0 Å². The van der Waals surface area contributed by atoms with Crippen LogP contribution in [0.25, 0.3) is 0 Å². The summed E-state index contributed by atoms with van der Waals surface area (Å²) in [5.74, 6) is 0.584. The number of nitrogens with zero attached hydrogens (tertiary/aromatic N) is 1. The third-order valence-electron chi connectivity index (χ3n) is 2.28. The summed E-state index contributed by atoms with van der Waals surface area (Å²) in [6.45, 7) is 2.01. The molecule has 17 heavy (non-hydrogen) atoms. The molecule has 2 N–H and O–H groups in total. The van der Waals surface area contributed by atoms with Crippen LogP contribution in [0.5, 0.6) is 0 Å². The zero-order valence-electron chi connectivity index (χ0n) is 9.34. The predicted molar refractivity (Wildman–Crippen MR) is 63.8 cm³/mol. The second-order valence-corrected chi connectivity index (χ2v) is 5.44. The Bertz CT molecular complexity index is 591. The molecule has 0 radical (unpaired) electrons. The van der Waals surface area contributed by atoms with E-state index in [9.17, 15) is 8.42 Å². The van der Waals surface area contributed by atoms with Crippen molar-refractivity contribution in [1.82, 2.24) is 14.7 Å². The van der Waals surface area contributed by atoms with E-state index in [0.717, 1.165) is 5.56 Å². The third-order valence-corrected chi connectivity index (χ3v) is 3.68. The van der Waals surface area contributed by atoms with E-state index in [4.69, 9.17) is 0 Å². The fraction of sp³-hybridized carbons (Fsp3) is 0.182. The van der Waals surface area contributed by atoms with Crippen LogP contribution in [0.15, 0.2) is 41.6 Å². The molecular formula is C11H13N3O2S. The maximum atomic E-state index is 11.9. The molecule has 0 atom stereocenters. The van der Waals surface area contributed by atoms with Crippen LogP contribution in [0.3, 0.4) is 0 Å². The second-order valence-electron chi connectivity index (χ2n) is 3.68. The normalized spacial score (nSPS) is 11.6. The summed E-state index contributed by atoms with van der Waals surface area (Å²) in [7, 11) is -3.47. The summed E-state index contributed by atoms with van der Waals surface area (Å²) >= 11 is 0. The highest BCUT2D eigenvalue weighted by molar-refractivity contribution is 7.89. The first-order chi connectivity index (χ1) is 8.08. The van der Waals surface area contributed by atoms with Gasteiger partial charge in [0, 0.05) is 12.4 Å². The molecule has 90 valence electrons. The summed E-state index contributed by atoms with van der Waals surface area (Å²) in [4.78, 5) is 7.05. The number of nitrogens with one attached hydrogen (secondary N) is 2. The van der Waals surface area contributed by atoms with Gasteiger partial charge in [0.15, 0.2) is 0 Å². The van der Waals surface area contributed by atoms with Crippen LogP contribution in [0.4, 0.5) is 0 Å². The lowest BCUT2D eigenvalue weighted by molar-refractivity contribution is 0.579. The van der Waals surface area contributed by atoms with Crippen LogP contribution in [0.2, 0.25) is 0 Å². The van der Waals surface area contributed by atoms with E-state index in [1.165, 1.54) is 0 Å². The topological polar surface area (TPSA) is 74.8 Å². The Hall–Kier alpha value is -1.66. The molecule has 0 saturated carbocycles. The third kappa shape index (κ3) is 2.92. The zero-order valence-corrected chi connectivity index (χ0v) is 10.2. The number of aryl methyl sites for hydroxylation is 1. The number of H-pyrrole nitrogens is 1. The van der Waals surface area contributed by atoms with Crippen molar-refractivity contribution in [3.8, 4) is 0 Å². The van der Waals surface area contributed by atoms with Gasteiger partial charge in [0.25, 0.3) is 0 Å². The molecule has 2 rings (SSSR count). The van der Waals surface area contributed by atoms with E-state index < -0.39 is 10.0 Å². The van der Waals surface area contributed by atoms with Gasteiger partial charge in [-0.1, -0.05) is 12.1 Å². The summed E-state index contributed by atoms with van der Waals surface area (Å²) in [5, 5.41) is 0. The number of hydrogen-bond acceptors (Lipinski definition) is 3. The highest BCUT2D eigenvalue weighted by Gasteiger charge is 2.13. The van der Waals surface area contributed by atoms with Gasteiger partial charge in [-0.3, -0.25) is 0 Å². The molecular weight excluding hydrogens is 238 g/mol. The van der Waals surface area contributed by atoms with Gasteiger partial charge in [-0.2, -0.15) is 0 Å². The number of sulfonamides is 1. The smallest absolute Gasteiger partial charge is 0.240 e.